The van der Waals surface area contributed by atoms with Gasteiger partial charge in [0.15, 0.2) is 0 Å². The van der Waals surface area contributed by atoms with E-state index in [0.29, 0.717) is 5.92 Å². The monoisotopic (exact) mass is 252 g/mol. The number of H-pyrrole nitrogens is 1. The molecule has 0 saturated carbocycles. The summed E-state index contributed by atoms with van der Waals surface area (Å²) in [5, 5.41) is 3.33. The van der Waals surface area contributed by atoms with E-state index in [2.05, 4.69) is 46.6 Å². The molecular formula is C15H28N2O. The summed E-state index contributed by atoms with van der Waals surface area (Å²) < 4.78 is 1.79. The molecule has 18 heavy (non-hydrogen) atoms. The van der Waals surface area contributed by atoms with Crippen molar-refractivity contribution in [2.45, 2.75) is 72.8 Å². The number of nitrogens with zero attached hydrogens (tertiary/aromatic N) is 1. The van der Waals surface area contributed by atoms with E-state index in [-0.39, 0.29) is 11.1 Å². The Morgan fingerprint density at radius 3 is 2.33 bits per heavy atom. The Hall–Kier alpha value is -0.990. The SMILES string of the molecule is CCCCc1[nH]n(C(C)(C)C)c(=O)c1CC(C)C. The highest BCUT2D eigenvalue weighted by atomic mass is 16.1. The van der Waals surface area contributed by atoms with Crippen molar-refractivity contribution >= 4 is 0 Å². The molecule has 0 atom stereocenters. The molecule has 0 fully saturated rings. The summed E-state index contributed by atoms with van der Waals surface area (Å²) in [7, 11) is 0. The van der Waals surface area contributed by atoms with Gasteiger partial charge in [-0.2, -0.15) is 0 Å². The highest BCUT2D eigenvalue weighted by Crippen LogP contribution is 2.16. The van der Waals surface area contributed by atoms with Gasteiger partial charge in [0.05, 0.1) is 5.54 Å². The summed E-state index contributed by atoms with van der Waals surface area (Å²) in [5.41, 5.74) is 2.13. The van der Waals surface area contributed by atoms with E-state index in [0.717, 1.165) is 36.9 Å². The normalized spacial score (nSPS) is 12.4. The summed E-state index contributed by atoms with van der Waals surface area (Å²) in [4.78, 5) is 12.5. The molecule has 3 nitrogen and oxygen atoms in total. The van der Waals surface area contributed by atoms with Gasteiger partial charge in [0, 0.05) is 11.3 Å². The zero-order chi connectivity index (χ0) is 13.9. The summed E-state index contributed by atoms with van der Waals surface area (Å²) in [5.74, 6) is 0.516. The smallest absolute Gasteiger partial charge is 0.270 e. The van der Waals surface area contributed by atoms with Crippen LogP contribution in [0.3, 0.4) is 0 Å². The molecule has 0 radical (unpaired) electrons. The van der Waals surface area contributed by atoms with Crippen LogP contribution in [0.4, 0.5) is 0 Å². The molecule has 0 bridgehead atoms. The second kappa shape index (κ2) is 5.77. The molecule has 104 valence electrons. The van der Waals surface area contributed by atoms with Gasteiger partial charge in [-0.05, 0) is 46.0 Å². The summed E-state index contributed by atoms with van der Waals surface area (Å²) in [6, 6.07) is 0. The Labute approximate surface area is 111 Å². The van der Waals surface area contributed by atoms with E-state index < -0.39 is 0 Å². The molecule has 3 heteroatoms. The quantitative estimate of drug-likeness (QED) is 0.856. The van der Waals surface area contributed by atoms with E-state index in [4.69, 9.17) is 0 Å². The molecule has 0 aromatic carbocycles. The van der Waals surface area contributed by atoms with Crippen LogP contribution in [0.15, 0.2) is 4.79 Å². The van der Waals surface area contributed by atoms with Crippen molar-refractivity contribution in [3.63, 3.8) is 0 Å². The van der Waals surface area contributed by atoms with Gasteiger partial charge < -0.3 is 0 Å². The maximum absolute atomic E-state index is 12.5. The van der Waals surface area contributed by atoms with E-state index in [9.17, 15) is 4.79 Å². The van der Waals surface area contributed by atoms with Crippen LogP contribution >= 0.6 is 0 Å². The Kier molecular flexibility index (Phi) is 4.83. The van der Waals surface area contributed by atoms with Crippen LogP contribution < -0.4 is 5.56 Å². The molecule has 1 N–H and O–H groups in total. The first kappa shape index (κ1) is 15.1. The average molecular weight is 252 g/mol. The first-order valence-corrected chi connectivity index (χ1v) is 7.10. The van der Waals surface area contributed by atoms with Crippen molar-refractivity contribution < 1.29 is 0 Å². The highest BCUT2D eigenvalue weighted by molar-refractivity contribution is 5.19. The van der Waals surface area contributed by atoms with Gasteiger partial charge >= 0.3 is 0 Å². The van der Waals surface area contributed by atoms with Gasteiger partial charge in [0.2, 0.25) is 0 Å². The van der Waals surface area contributed by atoms with Crippen molar-refractivity contribution in [2.75, 3.05) is 0 Å². The number of aromatic nitrogens is 2. The lowest BCUT2D eigenvalue weighted by molar-refractivity contribution is 0.342. The fourth-order valence-corrected chi connectivity index (χ4v) is 2.17. The number of aryl methyl sites for hydroxylation is 1. The minimum Gasteiger partial charge on any atom is -0.299 e. The van der Waals surface area contributed by atoms with Crippen LogP contribution in [0.2, 0.25) is 0 Å². The Morgan fingerprint density at radius 2 is 1.89 bits per heavy atom. The molecule has 0 unspecified atom stereocenters. The first-order valence-electron chi connectivity index (χ1n) is 7.10. The van der Waals surface area contributed by atoms with Crippen LogP contribution in [0.5, 0.6) is 0 Å². The number of unbranched alkanes of at least 4 members (excludes halogenated alkanes) is 1. The van der Waals surface area contributed by atoms with E-state index in [1.165, 1.54) is 0 Å². The Bertz CT molecular complexity index is 432. The lowest BCUT2D eigenvalue weighted by atomic mass is 10.0. The topological polar surface area (TPSA) is 37.8 Å². The van der Waals surface area contributed by atoms with Crippen LogP contribution in [0.1, 0.15) is 65.6 Å². The van der Waals surface area contributed by atoms with Crippen molar-refractivity contribution in [1.29, 1.82) is 0 Å². The zero-order valence-electron chi connectivity index (χ0n) is 12.8. The van der Waals surface area contributed by atoms with Crippen LogP contribution in [0, 0.1) is 5.92 Å². The van der Waals surface area contributed by atoms with Crippen molar-refractivity contribution in [3.05, 3.63) is 21.6 Å². The molecule has 0 aliphatic rings. The minimum absolute atomic E-state index is 0.169. The maximum atomic E-state index is 12.5. The number of hydrogen-bond acceptors (Lipinski definition) is 1. The standard InChI is InChI=1S/C15H28N2O/c1-7-8-9-13-12(10-11(2)3)14(18)17(16-13)15(4,5)6/h11,16H,7-10H2,1-6H3. The van der Waals surface area contributed by atoms with Gasteiger partial charge in [-0.15, -0.1) is 0 Å². The second-order valence-electron chi connectivity index (χ2n) is 6.58. The third-order valence-corrected chi connectivity index (χ3v) is 3.14. The molecule has 0 amide bonds. The molecule has 1 aromatic rings. The molecule has 0 aliphatic heterocycles. The highest BCUT2D eigenvalue weighted by Gasteiger charge is 2.22. The number of aromatic amines is 1. The summed E-state index contributed by atoms with van der Waals surface area (Å²) in [6.45, 7) is 12.7. The third-order valence-electron chi connectivity index (χ3n) is 3.14. The number of rotatable bonds is 5. The van der Waals surface area contributed by atoms with Gasteiger partial charge in [0.25, 0.3) is 5.56 Å². The molecular weight excluding hydrogens is 224 g/mol. The van der Waals surface area contributed by atoms with Crippen LogP contribution in [-0.4, -0.2) is 9.78 Å². The van der Waals surface area contributed by atoms with Gasteiger partial charge in [-0.25, -0.2) is 4.68 Å². The zero-order valence-corrected chi connectivity index (χ0v) is 12.8. The van der Waals surface area contributed by atoms with Crippen molar-refractivity contribution in [1.82, 2.24) is 9.78 Å². The lowest BCUT2D eigenvalue weighted by Crippen LogP contribution is -2.33. The lowest BCUT2D eigenvalue weighted by Gasteiger charge is -2.19. The Morgan fingerprint density at radius 1 is 1.28 bits per heavy atom. The molecule has 1 heterocycles. The van der Waals surface area contributed by atoms with Gasteiger partial charge in [-0.1, -0.05) is 27.2 Å². The van der Waals surface area contributed by atoms with Crippen molar-refractivity contribution in [3.8, 4) is 0 Å². The van der Waals surface area contributed by atoms with E-state index in [1.54, 1.807) is 4.68 Å². The van der Waals surface area contributed by atoms with E-state index in [1.807, 2.05) is 0 Å². The number of hydrogen-bond donors (Lipinski definition) is 1. The Balaban J connectivity index is 3.18. The number of nitrogens with one attached hydrogen (secondary N) is 1. The molecule has 0 saturated heterocycles. The molecule has 0 spiro atoms. The first-order chi connectivity index (χ1) is 8.27. The minimum atomic E-state index is -0.173. The van der Waals surface area contributed by atoms with Crippen LogP contribution in [0.25, 0.3) is 0 Å². The summed E-state index contributed by atoms with van der Waals surface area (Å²) in [6.07, 6.45) is 4.15. The second-order valence-corrected chi connectivity index (χ2v) is 6.58. The predicted octanol–water partition coefficient (Wildman–Crippen LogP) is 3.47. The summed E-state index contributed by atoms with van der Waals surface area (Å²) >= 11 is 0. The molecule has 1 rings (SSSR count). The van der Waals surface area contributed by atoms with E-state index >= 15 is 0 Å². The third kappa shape index (κ3) is 3.50. The fraction of sp³-hybridized carbons (Fsp3) is 0.800. The predicted molar refractivity (Wildman–Crippen MR) is 77.2 cm³/mol. The van der Waals surface area contributed by atoms with Crippen molar-refractivity contribution in [2.24, 2.45) is 5.92 Å². The molecule has 1 aromatic heterocycles. The van der Waals surface area contributed by atoms with Crippen LogP contribution in [-0.2, 0) is 18.4 Å². The molecule has 0 aliphatic carbocycles. The fourth-order valence-electron chi connectivity index (χ4n) is 2.17. The maximum Gasteiger partial charge on any atom is 0.270 e. The average Bonchev–Trinajstić information content (AvgIpc) is 2.53. The largest absolute Gasteiger partial charge is 0.299 e. The van der Waals surface area contributed by atoms with Gasteiger partial charge in [0.1, 0.15) is 0 Å². The van der Waals surface area contributed by atoms with Gasteiger partial charge in [-0.3, -0.25) is 9.89 Å².